The molecule has 2 aliphatic rings. The first-order valence-electron chi connectivity index (χ1n) is 9.77. The van der Waals surface area contributed by atoms with Crippen LogP contribution in [-0.4, -0.2) is 28.5 Å². The number of ether oxygens (including phenoxy) is 2. The van der Waals surface area contributed by atoms with Gasteiger partial charge in [-0.15, -0.1) is 0 Å². The van der Waals surface area contributed by atoms with Crippen molar-refractivity contribution in [3.05, 3.63) is 40.7 Å². The fraction of sp³-hybridized carbons (Fsp3) is 0.476. The minimum absolute atomic E-state index is 0.174. The summed E-state index contributed by atoms with van der Waals surface area (Å²) in [6, 6.07) is 8.78. The monoisotopic (exact) mass is 383 g/mol. The fourth-order valence-corrected chi connectivity index (χ4v) is 3.73. The van der Waals surface area contributed by atoms with Crippen molar-refractivity contribution in [1.82, 2.24) is 15.1 Å². The molecule has 2 heterocycles. The molecule has 4 rings (SSSR count). The van der Waals surface area contributed by atoms with Gasteiger partial charge in [-0.3, -0.25) is 9.59 Å². The van der Waals surface area contributed by atoms with E-state index in [0.29, 0.717) is 17.2 Å². The molecule has 0 unspecified atom stereocenters. The van der Waals surface area contributed by atoms with Crippen molar-refractivity contribution < 1.29 is 14.3 Å². The summed E-state index contributed by atoms with van der Waals surface area (Å²) in [5.41, 5.74) is -0.0211. The lowest BCUT2D eigenvalue weighted by Gasteiger charge is -2.30. The summed E-state index contributed by atoms with van der Waals surface area (Å²) in [5.74, 6) is 1.15. The van der Waals surface area contributed by atoms with E-state index in [1.165, 1.54) is 17.2 Å². The van der Waals surface area contributed by atoms with Crippen molar-refractivity contribution in [2.45, 2.75) is 57.5 Å². The fourth-order valence-electron chi connectivity index (χ4n) is 3.73. The summed E-state index contributed by atoms with van der Waals surface area (Å²) in [6.45, 7) is 3.64. The highest BCUT2D eigenvalue weighted by Gasteiger charge is 2.34. The number of nitrogens with zero attached hydrogens (tertiary/aromatic N) is 2. The molecule has 2 aromatic rings. The molecule has 7 nitrogen and oxygen atoms in total. The van der Waals surface area contributed by atoms with Crippen LogP contribution in [-0.2, 0) is 10.3 Å². The van der Waals surface area contributed by atoms with Crippen LogP contribution in [0.1, 0.15) is 46.0 Å². The third-order valence-corrected chi connectivity index (χ3v) is 5.49. The Morgan fingerprint density at radius 3 is 2.64 bits per heavy atom. The highest BCUT2D eigenvalue weighted by Crippen LogP contribution is 2.35. The predicted octanol–water partition coefficient (Wildman–Crippen LogP) is 2.82. The van der Waals surface area contributed by atoms with Crippen LogP contribution in [0.5, 0.6) is 11.5 Å². The highest BCUT2D eigenvalue weighted by molar-refractivity contribution is 5.83. The van der Waals surface area contributed by atoms with E-state index < -0.39 is 5.54 Å². The van der Waals surface area contributed by atoms with Crippen LogP contribution < -0.4 is 20.3 Å². The van der Waals surface area contributed by atoms with Gasteiger partial charge < -0.3 is 14.8 Å². The maximum atomic E-state index is 12.9. The quantitative estimate of drug-likeness (QED) is 0.878. The number of hydrogen-bond acceptors (Lipinski definition) is 5. The molecule has 7 heteroatoms. The van der Waals surface area contributed by atoms with Gasteiger partial charge in [-0.25, -0.2) is 4.68 Å². The van der Waals surface area contributed by atoms with Gasteiger partial charge in [0.1, 0.15) is 5.54 Å². The molecule has 1 fully saturated rings. The zero-order valence-corrected chi connectivity index (χ0v) is 16.2. The summed E-state index contributed by atoms with van der Waals surface area (Å²) in [6.07, 6.45) is 5.45. The summed E-state index contributed by atoms with van der Waals surface area (Å²) in [5, 5.41) is 7.60. The first-order valence-corrected chi connectivity index (χ1v) is 9.77. The SMILES string of the molecule is CC(C)(C(=O)NC1CCCCC1)n1nc(-c2ccc3c(c2)OCO3)ccc1=O. The number of hydrogen-bond donors (Lipinski definition) is 1. The van der Waals surface area contributed by atoms with E-state index >= 15 is 0 Å². The Hall–Kier alpha value is -2.83. The maximum absolute atomic E-state index is 12.9. The number of aromatic nitrogens is 2. The van der Waals surface area contributed by atoms with Gasteiger partial charge in [-0.1, -0.05) is 19.3 Å². The second-order valence-electron chi connectivity index (χ2n) is 7.90. The zero-order chi connectivity index (χ0) is 19.7. The molecular weight excluding hydrogens is 358 g/mol. The largest absolute Gasteiger partial charge is 0.454 e. The van der Waals surface area contributed by atoms with Crippen molar-refractivity contribution in [1.29, 1.82) is 0 Å². The van der Waals surface area contributed by atoms with Crippen LogP contribution in [0.3, 0.4) is 0 Å². The first-order chi connectivity index (χ1) is 13.4. The summed E-state index contributed by atoms with van der Waals surface area (Å²) in [7, 11) is 0. The molecule has 1 saturated carbocycles. The molecule has 28 heavy (non-hydrogen) atoms. The molecule has 148 valence electrons. The molecule has 1 amide bonds. The summed E-state index contributed by atoms with van der Waals surface area (Å²) >= 11 is 0. The topological polar surface area (TPSA) is 82.5 Å². The molecular formula is C21H25N3O4. The number of fused-ring (bicyclic) bond motifs is 1. The second-order valence-corrected chi connectivity index (χ2v) is 7.90. The van der Waals surface area contributed by atoms with Gasteiger partial charge >= 0.3 is 0 Å². The zero-order valence-electron chi connectivity index (χ0n) is 16.2. The van der Waals surface area contributed by atoms with Crippen molar-refractivity contribution in [2.24, 2.45) is 0 Å². The van der Waals surface area contributed by atoms with Gasteiger partial charge in [0.25, 0.3) is 5.56 Å². The number of amides is 1. The van der Waals surface area contributed by atoms with Crippen LogP contribution in [0, 0.1) is 0 Å². The average Bonchev–Trinajstić information content (AvgIpc) is 3.16. The van der Waals surface area contributed by atoms with E-state index in [9.17, 15) is 9.59 Å². The van der Waals surface area contributed by atoms with Gasteiger partial charge in [0, 0.05) is 17.7 Å². The molecule has 1 N–H and O–H groups in total. The van der Waals surface area contributed by atoms with E-state index in [0.717, 1.165) is 31.2 Å². The molecule has 0 radical (unpaired) electrons. The Morgan fingerprint density at radius 1 is 1.11 bits per heavy atom. The minimum atomic E-state index is -1.10. The van der Waals surface area contributed by atoms with Gasteiger partial charge in [-0.05, 0) is 51.0 Å². The van der Waals surface area contributed by atoms with E-state index in [1.807, 2.05) is 18.2 Å². The van der Waals surface area contributed by atoms with Crippen LogP contribution in [0.4, 0.5) is 0 Å². The summed E-state index contributed by atoms with van der Waals surface area (Å²) < 4.78 is 12.0. The molecule has 1 aliphatic heterocycles. The maximum Gasteiger partial charge on any atom is 0.267 e. The third kappa shape index (κ3) is 3.48. The Labute approximate surface area is 163 Å². The second kappa shape index (κ2) is 7.30. The lowest BCUT2D eigenvalue weighted by Crippen LogP contribution is -2.52. The Kier molecular flexibility index (Phi) is 4.83. The number of carbonyl (C=O) groups is 1. The van der Waals surface area contributed by atoms with Gasteiger partial charge in [-0.2, -0.15) is 5.10 Å². The van der Waals surface area contributed by atoms with E-state index in [4.69, 9.17) is 9.47 Å². The highest BCUT2D eigenvalue weighted by atomic mass is 16.7. The van der Waals surface area contributed by atoms with E-state index in [1.54, 1.807) is 19.9 Å². The third-order valence-electron chi connectivity index (χ3n) is 5.49. The standard InChI is InChI=1S/C21H25N3O4/c1-21(2,20(26)22-15-6-4-3-5-7-15)24-19(25)11-9-16(23-24)14-8-10-17-18(12-14)28-13-27-17/h8-12,15H,3-7,13H2,1-2H3,(H,22,26). The molecule has 0 spiro atoms. The van der Waals surface area contributed by atoms with Gasteiger partial charge in [0.2, 0.25) is 12.7 Å². The Balaban J connectivity index is 1.62. The van der Waals surface area contributed by atoms with Crippen LogP contribution in [0.2, 0.25) is 0 Å². The molecule has 1 aromatic heterocycles. The predicted molar refractivity (Wildman–Crippen MR) is 104 cm³/mol. The van der Waals surface area contributed by atoms with Crippen molar-refractivity contribution in [2.75, 3.05) is 6.79 Å². The van der Waals surface area contributed by atoms with Crippen molar-refractivity contribution in [3.63, 3.8) is 0 Å². The smallest absolute Gasteiger partial charge is 0.267 e. The number of nitrogens with one attached hydrogen (secondary N) is 1. The lowest BCUT2D eigenvalue weighted by atomic mass is 9.94. The van der Waals surface area contributed by atoms with Crippen molar-refractivity contribution in [3.8, 4) is 22.8 Å². The molecule has 0 saturated heterocycles. The van der Waals surface area contributed by atoms with E-state index in [2.05, 4.69) is 10.4 Å². The molecule has 1 aromatic carbocycles. The Bertz CT molecular complexity index is 945. The van der Waals surface area contributed by atoms with E-state index in [-0.39, 0.29) is 24.3 Å². The van der Waals surface area contributed by atoms with Crippen LogP contribution in [0.15, 0.2) is 35.1 Å². The molecule has 1 aliphatic carbocycles. The minimum Gasteiger partial charge on any atom is -0.454 e. The number of carbonyl (C=O) groups excluding carboxylic acids is 1. The van der Waals surface area contributed by atoms with Gasteiger partial charge in [0.15, 0.2) is 11.5 Å². The van der Waals surface area contributed by atoms with Gasteiger partial charge in [0.05, 0.1) is 5.69 Å². The molecule has 0 atom stereocenters. The van der Waals surface area contributed by atoms with Crippen LogP contribution >= 0.6 is 0 Å². The lowest BCUT2D eigenvalue weighted by molar-refractivity contribution is -0.130. The van der Waals surface area contributed by atoms with Crippen LogP contribution in [0.25, 0.3) is 11.3 Å². The Morgan fingerprint density at radius 2 is 1.86 bits per heavy atom. The normalized spacial score (nSPS) is 16.8. The number of rotatable bonds is 4. The summed E-state index contributed by atoms with van der Waals surface area (Å²) in [4.78, 5) is 25.4. The first kappa shape index (κ1) is 18.5. The molecule has 0 bridgehead atoms. The van der Waals surface area contributed by atoms with Crippen molar-refractivity contribution >= 4 is 5.91 Å². The number of benzene rings is 1. The average molecular weight is 383 g/mol.